The minimum absolute atomic E-state index is 0.181. The monoisotopic (exact) mass is 288 g/mol. The summed E-state index contributed by atoms with van der Waals surface area (Å²) >= 11 is 0. The van der Waals surface area contributed by atoms with E-state index < -0.39 is 0 Å². The van der Waals surface area contributed by atoms with Gasteiger partial charge in [0.25, 0.3) is 0 Å². The summed E-state index contributed by atoms with van der Waals surface area (Å²) in [4.78, 5) is 21.5. The highest BCUT2D eigenvalue weighted by Crippen LogP contribution is 2.26. The van der Waals surface area contributed by atoms with E-state index in [1.54, 1.807) is 0 Å². The molecule has 2 atom stereocenters. The molecule has 0 aromatic carbocycles. The Labute approximate surface area is 126 Å². The molecule has 5 heteroatoms. The van der Waals surface area contributed by atoms with E-state index in [1.165, 1.54) is 0 Å². The maximum atomic E-state index is 12.7. The van der Waals surface area contributed by atoms with Gasteiger partial charge in [-0.05, 0) is 26.3 Å². The van der Waals surface area contributed by atoms with Crippen LogP contribution in [0.2, 0.25) is 0 Å². The van der Waals surface area contributed by atoms with E-state index in [4.69, 9.17) is 0 Å². The summed E-state index contributed by atoms with van der Waals surface area (Å²) in [7, 11) is 4.13. The Bertz CT molecular complexity index is 536. The van der Waals surface area contributed by atoms with Crippen molar-refractivity contribution in [2.75, 3.05) is 26.7 Å². The highest BCUT2D eigenvalue weighted by molar-refractivity contribution is 5.79. The number of nitrogens with zero attached hydrogens (tertiary/aromatic N) is 4. The van der Waals surface area contributed by atoms with Crippen molar-refractivity contribution in [3.8, 4) is 0 Å². The summed E-state index contributed by atoms with van der Waals surface area (Å²) in [6.07, 6.45) is 11.1. The van der Waals surface area contributed by atoms with Crippen molar-refractivity contribution >= 4 is 5.91 Å². The van der Waals surface area contributed by atoms with Crippen LogP contribution in [0.5, 0.6) is 0 Å². The number of amides is 1. The Morgan fingerprint density at radius 1 is 1.29 bits per heavy atom. The van der Waals surface area contributed by atoms with E-state index in [9.17, 15) is 4.79 Å². The van der Waals surface area contributed by atoms with Crippen molar-refractivity contribution in [1.29, 1.82) is 0 Å². The van der Waals surface area contributed by atoms with Crippen LogP contribution in [0.1, 0.15) is 31.1 Å². The molecule has 0 bridgehead atoms. The topological polar surface area (TPSA) is 41.4 Å². The molecule has 1 aromatic heterocycles. The van der Waals surface area contributed by atoms with Gasteiger partial charge in [0.2, 0.25) is 5.91 Å². The predicted molar refractivity (Wildman–Crippen MR) is 81.6 cm³/mol. The van der Waals surface area contributed by atoms with Gasteiger partial charge in [-0.2, -0.15) is 0 Å². The summed E-state index contributed by atoms with van der Waals surface area (Å²) in [6.45, 7) is 2.49. The number of hydrogen-bond acceptors (Lipinski definition) is 3. The van der Waals surface area contributed by atoms with Gasteiger partial charge >= 0.3 is 0 Å². The average molecular weight is 288 g/mol. The number of aromatic nitrogens is 2. The lowest BCUT2D eigenvalue weighted by Gasteiger charge is -2.40. The Kier molecular flexibility index (Phi) is 4.10. The standard InChI is InChI=1S/C16H24N4O/c1-18-10-11-20(16(21)13-6-4-3-5-7-13)12-14(18)15-17-8-9-19(15)2/h3-4,8-9,13-14H,5-7,10-12H2,1-2H3. The van der Waals surface area contributed by atoms with Gasteiger partial charge in [-0.15, -0.1) is 0 Å². The molecule has 3 rings (SSSR count). The third-order valence-corrected chi connectivity index (χ3v) is 4.73. The van der Waals surface area contributed by atoms with Crippen LogP contribution in [0.4, 0.5) is 0 Å². The summed E-state index contributed by atoms with van der Waals surface area (Å²) in [6, 6.07) is 0.196. The van der Waals surface area contributed by atoms with Crippen LogP contribution >= 0.6 is 0 Å². The number of carbonyl (C=O) groups is 1. The van der Waals surface area contributed by atoms with E-state index in [0.29, 0.717) is 5.91 Å². The average Bonchev–Trinajstić information content (AvgIpc) is 2.94. The molecule has 2 aliphatic rings. The number of imidazole rings is 1. The van der Waals surface area contributed by atoms with Crippen molar-refractivity contribution in [2.45, 2.75) is 25.3 Å². The van der Waals surface area contributed by atoms with Crippen molar-refractivity contribution in [1.82, 2.24) is 19.4 Å². The number of piperazine rings is 1. The molecule has 1 aliphatic carbocycles. The van der Waals surface area contributed by atoms with Gasteiger partial charge in [0.05, 0.1) is 6.04 Å². The minimum atomic E-state index is 0.181. The second kappa shape index (κ2) is 6.02. The lowest BCUT2D eigenvalue weighted by molar-refractivity contribution is -0.138. The SMILES string of the molecule is CN1CCN(C(=O)C2CC=CCC2)CC1c1nccn1C. The largest absolute Gasteiger partial charge is 0.339 e. The van der Waals surface area contributed by atoms with Crippen LogP contribution in [0, 0.1) is 5.92 Å². The summed E-state index contributed by atoms with van der Waals surface area (Å²) in [5.41, 5.74) is 0. The smallest absolute Gasteiger partial charge is 0.226 e. The lowest BCUT2D eigenvalue weighted by atomic mass is 9.92. The Hall–Kier alpha value is -1.62. The second-order valence-corrected chi connectivity index (χ2v) is 6.16. The molecule has 1 aromatic rings. The van der Waals surface area contributed by atoms with E-state index in [-0.39, 0.29) is 12.0 Å². The van der Waals surface area contributed by atoms with Crippen LogP contribution in [0.3, 0.4) is 0 Å². The highest BCUT2D eigenvalue weighted by atomic mass is 16.2. The maximum Gasteiger partial charge on any atom is 0.226 e. The van der Waals surface area contributed by atoms with E-state index in [0.717, 1.165) is 44.7 Å². The molecule has 2 heterocycles. The molecule has 1 amide bonds. The van der Waals surface area contributed by atoms with Gasteiger partial charge in [-0.25, -0.2) is 4.98 Å². The van der Waals surface area contributed by atoms with Crippen molar-refractivity contribution < 1.29 is 4.79 Å². The van der Waals surface area contributed by atoms with Crippen LogP contribution < -0.4 is 0 Å². The minimum Gasteiger partial charge on any atom is -0.339 e. The zero-order chi connectivity index (χ0) is 14.8. The number of aryl methyl sites for hydroxylation is 1. The number of carbonyl (C=O) groups excluding carboxylic acids is 1. The van der Waals surface area contributed by atoms with Crippen molar-refractivity contribution in [3.05, 3.63) is 30.4 Å². The first-order chi connectivity index (χ1) is 10.2. The van der Waals surface area contributed by atoms with Crippen LogP contribution in [-0.2, 0) is 11.8 Å². The molecule has 5 nitrogen and oxygen atoms in total. The van der Waals surface area contributed by atoms with E-state index in [2.05, 4.69) is 33.7 Å². The number of rotatable bonds is 2. The van der Waals surface area contributed by atoms with E-state index in [1.807, 2.05) is 24.3 Å². The first-order valence-corrected chi connectivity index (χ1v) is 7.78. The molecule has 114 valence electrons. The Balaban J connectivity index is 1.72. The van der Waals surface area contributed by atoms with Gasteiger partial charge in [0.1, 0.15) is 5.82 Å². The van der Waals surface area contributed by atoms with Crippen LogP contribution in [0.25, 0.3) is 0 Å². The molecule has 0 saturated carbocycles. The molecule has 1 saturated heterocycles. The van der Waals surface area contributed by atoms with Gasteiger partial charge < -0.3 is 9.47 Å². The fourth-order valence-electron chi connectivity index (χ4n) is 3.33. The normalized spacial score (nSPS) is 27.0. The third kappa shape index (κ3) is 2.88. The highest BCUT2D eigenvalue weighted by Gasteiger charge is 2.33. The zero-order valence-corrected chi connectivity index (χ0v) is 12.9. The molecule has 21 heavy (non-hydrogen) atoms. The Morgan fingerprint density at radius 2 is 2.14 bits per heavy atom. The number of hydrogen-bond donors (Lipinski definition) is 0. The molecule has 2 unspecified atom stereocenters. The van der Waals surface area contributed by atoms with Gasteiger partial charge in [-0.1, -0.05) is 12.2 Å². The second-order valence-electron chi connectivity index (χ2n) is 6.16. The fourth-order valence-corrected chi connectivity index (χ4v) is 3.33. The van der Waals surface area contributed by atoms with Crippen molar-refractivity contribution in [2.24, 2.45) is 13.0 Å². The quantitative estimate of drug-likeness (QED) is 0.776. The molecular formula is C16H24N4O. The molecule has 1 aliphatic heterocycles. The summed E-state index contributed by atoms with van der Waals surface area (Å²) in [5.74, 6) is 1.55. The Morgan fingerprint density at radius 3 is 2.81 bits per heavy atom. The fraction of sp³-hybridized carbons (Fsp3) is 0.625. The summed E-state index contributed by atoms with van der Waals surface area (Å²) in [5, 5.41) is 0. The van der Waals surface area contributed by atoms with Gasteiger partial charge in [-0.3, -0.25) is 9.69 Å². The zero-order valence-electron chi connectivity index (χ0n) is 12.9. The molecule has 0 spiro atoms. The third-order valence-electron chi connectivity index (χ3n) is 4.73. The van der Waals surface area contributed by atoms with Crippen molar-refractivity contribution in [3.63, 3.8) is 0 Å². The van der Waals surface area contributed by atoms with Crippen LogP contribution in [-0.4, -0.2) is 51.9 Å². The summed E-state index contributed by atoms with van der Waals surface area (Å²) < 4.78 is 2.05. The van der Waals surface area contributed by atoms with E-state index >= 15 is 0 Å². The van der Waals surface area contributed by atoms with Gasteiger partial charge in [0, 0.05) is 45.0 Å². The van der Waals surface area contributed by atoms with Gasteiger partial charge in [0.15, 0.2) is 0 Å². The number of likely N-dealkylation sites (N-methyl/N-ethyl adjacent to an activating group) is 1. The maximum absolute atomic E-state index is 12.7. The molecule has 0 N–H and O–H groups in total. The first-order valence-electron chi connectivity index (χ1n) is 7.78. The molecule has 0 radical (unpaired) electrons. The van der Waals surface area contributed by atoms with Crippen LogP contribution in [0.15, 0.2) is 24.5 Å². The lowest BCUT2D eigenvalue weighted by Crippen LogP contribution is -2.51. The number of allylic oxidation sites excluding steroid dienone is 2. The first kappa shape index (κ1) is 14.3. The molecular weight excluding hydrogens is 264 g/mol. The predicted octanol–water partition coefficient (Wildman–Crippen LogP) is 1.59. The molecule has 1 fully saturated rings.